The third-order valence-corrected chi connectivity index (χ3v) is 6.38. The van der Waals surface area contributed by atoms with E-state index in [2.05, 4.69) is 10.0 Å². The van der Waals surface area contributed by atoms with Crippen molar-refractivity contribution in [2.24, 2.45) is 0 Å². The highest BCUT2D eigenvalue weighted by molar-refractivity contribution is 7.89. The molecule has 0 aliphatic carbocycles. The first-order valence-electron chi connectivity index (χ1n) is 8.31. The highest BCUT2D eigenvalue weighted by Gasteiger charge is 2.19. The van der Waals surface area contributed by atoms with Crippen molar-refractivity contribution in [2.75, 3.05) is 20.6 Å². The second-order valence-electron chi connectivity index (χ2n) is 6.51. The van der Waals surface area contributed by atoms with E-state index in [0.29, 0.717) is 12.1 Å². The van der Waals surface area contributed by atoms with Crippen molar-refractivity contribution in [3.63, 3.8) is 0 Å². The number of sulfonamides is 1. The van der Waals surface area contributed by atoms with Crippen LogP contribution in [0, 0.1) is 0 Å². The number of rotatable bonds is 8. The zero-order chi connectivity index (χ0) is 19.3. The standard InChI is InChI=1S/C18H25N3O3S2/c1-13(2)20-26(23,24)15-8-5-7-14(11-15)18(22)19-12-16(21(3)4)17-9-6-10-25-17/h5-11,13,16,20H,12H2,1-4H3,(H,19,22)/t16-/m0/s1. The molecule has 0 saturated carbocycles. The third kappa shape index (κ3) is 5.38. The molecule has 1 atom stereocenters. The summed E-state index contributed by atoms with van der Waals surface area (Å²) < 4.78 is 27.1. The second-order valence-corrected chi connectivity index (χ2v) is 9.20. The number of benzene rings is 1. The van der Waals surface area contributed by atoms with Gasteiger partial charge in [0.15, 0.2) is 0 Å². The van der Waals surface area contributed by atoms with Crippen molar-refractivity contribution in [3.8, 4) is 0 Å². The van der Waals surface area contributed by atoms with Gasteiger partial charge in [-0.25, -0.2) is 13.1 Å². The maximum absolute atomic E-state index is 12.5. The quantitative estimate of drug-likeness (QED) is 0.720. The molecular weight excluding hydrogens is 370 g/mol. The zero-order valence-electron chi connectivity index (χ0n) is 15.4. The lowest BCUT2D eigenvalue weighted by atomic mass is 10.2. The van der Waals surface area contributed by atoms with Crippen LogP contribution in [0.3, 0.4) is 0 Å². The lowest BCUT2D eigenvalue weighted by molar-refractivity contribution is 0.0942. The van der Waals surface area contributed by atoms with E-state index >= 15 is 0 Å². The normalized spacial score (nSPS) is 13.2. The summed E-state index contributed by atoms with van der Waals surface area (Å²) in [4.78, 5) is 15.8. The lowest BCUT2D eigenvalue weighted by Crippen LogP contribution is -2.34. The molecule has 0 aliphatic heterocycles. The predicted octanol–water partition coefficient (Wildman–Crippen LogP) is 2.47. The van der Waals surface area contributed by atoms with E-state index in [9.17, 15) is 13.2 Å². The van der Waals surface area contributed by atoms with Crippen LogP contribution in [0.4, 0.5) is 0 Å². The summed E-state index contributed by atoms with van der Waals surface area (Å²) in [6, 6.07) is 9.93. The van der Waals surface area contributed by atoms with Crippen LogP contribution in [-0.4, -0.2) is 45.9 Å². The number of hydrogen-bond acceptors (Lipinski definition) is 5. The molecule has 142 valence electrons. The van der Waals surface area contributed by atoms with Crippen molar-refractivity contribution in [1.29, 1.82) is 0 Å². The van der Waals surface area contributed by atoms with E-state index in [-0.39, 0.29) is 22.9 Å². The summed E-state index contributed by atoms with van der Waals surface area (Å²) in [5.41, 5.74) is 0.320. The Bertz CT molecular complexity index is 831. The summed E-state index contributed by atoms with van der Waals surface area (Å²) in [7, 11) is 0.287. The molecule has 1 aromatic heterocycles. The molecule has 1 amide bonds. The van der Waals surface area contributed by atoms with Crippen molar-refractivity contribution >= 4 is 27.3 Å². The Hall–Kier alpha value is -1.74. The fourth-order valence-electron chi connectivity index (χ4n) is 2.49. The molecule has 0 spiro atoms. The van der Waals surface area contributed by atoms with Gasteiger partial charge in [0.1, 0.15) is 0 Å². The number of carbonyl (C=O) groups excluding carboxylic acids is 1. The van der Waals surface area contributed by atoms with Crippen LogP contribution in [0.15, 0.2) is 46.7 Å². The molecule has 0 unspecified atom stereocenters. The number of nitrogens with one attached hydrogen (secondary N) is 2. The van der Waals surface area contributed by atoms with Gasteiger partial charge in [-0.2, -0.15) is 0 Å². The average molecular weight is 396 g/mol. The van der Waals surface area contributed by atoms with Gasteiger partial charge in [-0.05, 0) is 57.6 Å². The highest BCUT2D eigenvalue weighted by atomic mass is 32.2. The molecule has 2 aromatic rings. The van der Waals surface area contributed by atoms with Gasteiger partial charge in [-0.3, -0.25) is 4.79 Å². The van der Waals surface area contributed by atoms with Crippen LogP contribution >= 0.6 is 11.3 Å². The van der Waals surface area contributed by atoms with E-state index in [1.54, 1.807) is 37.3 Å². The van der Waals surface area contributed by atoms with Crippen LogP contribution in [0.5, 0.6) is 0 Å². The first-order chi connectivity index (χ1) is 12.2. The summed E-state index contributed by atoms with van der Waals surface area (Å²) in [6.07, 6.45) is 0. The monoisotopic (exact) mass is 395 g/mol. The highest BCUT2D eigenvalue weighted by Crippen LogP contribution is 2.22. The number of nitrogens with zero attached hydrogens (tertiary/aromatic N) is 1. The largest absolute Gasteiger partial charge is 0.350 e. The number of hydrogen-bond donors (Lipinski definition) is 2. The molecule has 2 N–H and O–H groups in total. The van der Waals surface area contributed by atoms with Crippen LogP contribution in [0.25, 0.3) is 0 Å². The Morgan fingerprint density at radius 3 is 2.50 bits per heavy atom. The summed E-state index contributed by atoms with van der Waals surface area (Å²) in [6.45, 7) is 3.94. The molecule has 6 nitrogen and oxygen atoms in total. The first kappa shape index (κ1) is 20.6. The molecule has 8 heteroatoms. The minimum Gasteiger partial charge on any atom is -0.350 e. The lowest BCUT2D eigenvalue weighted by Gasteiger charge is -2.23. The maximum Gasteiger partial charge on any atom is 0.251 e. The summed E-state index contributed by atoms with van der Waals surface area (Å²) in [5.74, 6) is -0.296. The van der Waals surface area contributed by atoms with Crippen molar-refractivity contribution in [1.82, 2.24) is 14.9 Å². The summed E-state index contributed by atoms with van der Waals surface area (Å²) >= 11 is 1.64. The average Bonchev–Trinajstić information content (AvgIpc) is 3.07. The van der Waals surface area contributed by atoms with Crippen LogP contribution in [0.2, 0.25) is 0 Å². The number of likely N-dealkylation sites (N-methyl/N-ethyl adjacent to an activating group) is 1. The first-order valence-corrected chi connectivity index (χ1v) is 10.7. The topological polar surface area (TPSA) is 78.5 Å². The van der Waals surface area contributed by atoms with Gasteiger partial charge in [0.25, 0.3) is 5.91 Å². The molecular formula is C18H25N3O3S2. The molecule has 0 bridgehead atoms. The molecule has 26 heavy (non-hydrogen) atoms. The van der Waals surface area contributed by atoms with Gasteiger partial charge < -0.3 is 10.2 Å². The summed E-state index contributed by atoms with van der Waals surface area (Å²) in [5, 5.41) is 4.90. The minimum atomic E-state index is -3.63. The Labute approximate surface area is 159 Å². The van der Waals surface area contributed by atoms with Crippen molar-refractivity contribution in [3.05, 3.63) is 52.2 Å². The zero-order valence-corrected chi connectivity index (χ0v) is 17.0. The fourth-order valence-corrected chi connectivity index (χ4v) is 4.71. The number of amides is 1. The van der Waals surface area contributed by atoms with E-state index in [1.165, 1.54) is 12.1 Å². The molecule has 0 saturated heterocycles. The molecule has 1 aromatic carbocycles. The predicted molar refractivity (Wildman–Crippen MR) is 105 cm³/mol. The number of thiophene rings is 1. The van der Waals surface area contributed by atoms with Gasteiger partial charge in [0, 0.05) is 23.0 Å². The molecule has 0 fully saturated rings. The number of carbonyl (C=O) groups is 1. The molecule has 2 rings (SSSR count). The minimum absolute atomic E-state index is 0.0634. The van der Waals surface area contributed by atoms with Gasteiger partial charge >= 0.3 is 0 Å². The van der Waals surface area contributed by atoms with Gasteiger partial charge in [0.2, 0.25) is 10.0 Å². The van der Waals surface area contributed by atoms with Gasteiger partial charge in [0.05, 0.1) is 10.9 Å². The Kier molecular flexibility index (Phi) is 6.94. The molecule has 0 aliphatic rings. The van der Waals surface area contributed by atoms with E-state index in [0.717, 1.165) is 4.88 Å². The molecule has 0 radical (unpaired) electrons. The Morgan fingerprint density at radius 1 is 1.19 bits per heavy atom. The Balaban J connectivity index is 2.11. The maximum atomic E-state index is 12.5. The van der Waals surface area contributed by atoms with Crippen LogP contribution in [-0.2, 0) is 10.0 Å². The molecule has 1 heterocycles. The smallest absolute Gasteiger partial charge is 0.251 e. The van der Waals surface area contributed by atoms with Crippen molar-refractivity contribution in [2.45, 2.75) is 30.8 Å². The second kappa shape index (κ2) is 8.77. The third-order valence-electron chi connectivity index (χ3n) is 3.75. The van der Waals surface area contributed by atoms with Gasteiger partial charge in [-0.1, -0.05) is 12.1 Å². The van der Waals surface area contributed by atoms with Crippen LogP contribution < -0.4 is 10.0 Å². The van der Waals surface area contributed by atoms with Gasteiger partial charge in [-0.15, -0.1) is 11.3 Å². The van der Waals surface area contributed by atoms with Crippen molar-refractivity contribution < 1.29 is 13.2 Å². The van der Waals surface area contributed by atoms with E-state index in [4.69, 9.17) is 0 Å². The fraction of sp³-hybridized carbons (Fsp3) is 0.389. The SMILES string of the molecule is CC(C)NS(=O)(=O)c1cccc(C(=O)NC[C@@H](c2cccs2)N(C)C)c1. The van der Waals surface area contributed by atoms with E-state index in [1.807, 2.05) is 36.5 Å². The van der Waals surface area contributed by atoms with Crippen LogP contribution in [0.1, 0.15) is 35.1 Å². The van der Waals surface area contributed by atoms with E-state index < -0.39 is 10.0 Å². The Morgan fingerprint density at radius 2 is 1.92 bits per heavy atom.